The van der Waals surface area contributed by atoms with Crippen LogP contribution in [0.5, 0.6) is 0 Å². The van der Waals surface area contributed by atoms with E-state index in [4.69, 9.17) is 9.47 Å². The lowest BCUT2D eigenvalue weighted by atomic mass is 9.46. The molecule has 7 nitrogen and oxygen atoms in total. The lowest BCUT2D eigenvalue weighted by Gasteiger charge is -2.60. The van der Waals surface area contributed by atoms with Crippen molar-refractivity contribution in [3.63, 3.8) is 0 Å². The van der Waals surface area contributed by atoms with Crippen LogP contribution in [0.2, 0.25) is 0 Å². The number of aliphatic hydroxyl groups is 1. The van der Waals surface area contributed by atoms with Crippen molar-refractivity contribution in [1.82, 2.24) is 0 Å². The number of hydrogen-bond donors (Lipinski definition) is 1. The van der Waals surface area contributed by atoms with Crippen LogP contribution in [-0.4, -0.2) is 47.9 Å². The van der Waals surface area contributed by atoms with Crippen LogP contribution in [0.1, 0.15) is 40.0 Å². The largest absolute Gasteiger partial charge is 0.464 e. The number of carbonyl (C=O) groups is 4. The lowest BCUT2D eigenvalue weighted by molar-refractivity contribution is -0.235. The summed E-state index contributed by atoms with van der Waals surface area (Å²) in [5.74, 6) is -4.45. The lowest BCUT2D eigenvalue weighted by Crippen LogP contribution is -2.68. The highest BCUT2D eigenvalue weighted by atomic mass is 16.6. The number of esters is 2. The van der Waals surface area contributed by atoms with E-state index in [0.717, 1.165) is 6.29 Å². The van der Waals surface area contributed by atoms with Gasteiger partial charge in [0.15, 0.2) is 5.78 Å². The van der Waals surface area contributed by atoms with Crippen LogP contribution >= 0.6 is 0 Å². The van der Waals surface area contributed by atoms with E-state index in [1.807, 2.05) is 13.8 Å². The first kappa shape index (κ1) is 19.7. The van der Waals surface area contributed by atoms with E-state index in [0.29, 0.717) is 12.8 Å². The van der Waals surface area contributed by atoms with Gasteiger partial charge in [-0.05, 0) is 23.8 Å². The van der Waals surface area contributed by atoms with Gasteiger partial charge in [-0.15, -0.1) is 0 Å². The zero-order valence-electron chi connectivity index (χ0n) is 15.9. The Morgan fingerprint density at radius 2 is 2.04 bits per heavy atom. The maximum absolute atomic E-state index is 12.7. The quantitative estimate of drug-likeness (QED) is 0.333. The van der Waals surface area contributed by atoms with Crippen LogP contribution in [0.25, 0.3) is 0 Å². The molecule has 1 aliphatic heterocycles. The summed E-state index contributed by atoms with van der Waals surface area (Å²) in [7, 11) is 0. The minimum Gasteiger partial charge on any atom is -0.464 e. The van der Waals surface area contributed by atoms with Gasteiger partial charge in [-0.25, -0.2) is 0 Å². The summed E-state index contributed by atoms with van der Waals surface area (Å²) in [5.41, 5.74) is -1.45. The molecule has 6 atom stereocenters. The molecule has 2 saturated carbocycles. The minimum absolute atomic E-state index is 0.0217. The second-order valence-electron chi connectivity index (χ2n) is 8.70. The monoisotopic (exact) mass is 378 g/mol. The van der Waals surface area contributed by atoms with Crippen molar-refractivity contribution in [2.75, 3.05) is 6.61 Å². The normalized spacial score (nSPS) is 40.9. The van der Waals surface area contributed by atoms with Crippen LogP contribution in [-0.2, 0) is 28.7 Å². The van der Waals surface area contributed by atoms with Crippen LogP contribution in [0.3, 0.4) is 0 Å². The Hall–Kier alpha value is -2.02. The molecule has 0 aromatic heterocycles. The van der Waals surface area contributed by atoms with Gasteiger partial charge in [0.05, 0.1) is 11.5 Å². The summed E-state index contributed by atoms with van der Waals surface area (Å²) in [4.78, 5) is 49.1. The van der Waals surface area contributed by atoms with Gasteiger partial charge in [-0.1, -0.05) is 20.4 Å². The number of Topliss-reactive ketones (excluding diaryl/α,β-unsaturated/α-hetero) is 1. The molecule has 6 unspecified atom stereocenters. The zero-order valence-corrected chi connectivity index (χ0v) is 15.9. The van der Waals surface area contributed by atoms with Crippen molar-refractivity contribution in [2.24, 2.45) is 28.6 Å². The van der Waals surface area contributed by atoms with Gasteiger partial charge in [-0.3, -0.25) is 14.4 Å². The number of ketones is 1. The molecule has 0 radical (unpaired) electrons. The Kier molecular flexibility index (Phi) is 4.78. The molecule has 7 heteroatoms. The van der Waals surface area contributed by atoms with Gasteiger partial charge in [0.25, 0.3) is 0 Å². The number of fused-ring (bicyclic) bond motifs is 2. The fourth-order valence-corrected chi connectivity index (χ4v) is 5.53. The van der Waals surface area contributed by atoms with Gasteiger partial charge >= 0.3 is 11.9 Å². The van der Waals surface area contributed by atoms with E-state index >= 15 is 0 Å². The fraction of sp³-hybridized carbons (Fsp3) is 0.700. The third kappa shape index (κ3) is 2.83. The molecule has 27 heavy (non-hydrogen) atoms. The van der Waals surface area contributed by atoms with Crippen molar-refractivity contribution in [3.8, 4) is 0 Å². The summed E-state index contributed by atoms with van der Waals surface area (Å²) < 4.78 is 11.0. The molecule has 1 spiro atoms. The summed E-state index contributed by atoms with van der Waals surface area (Å²) in [5, 5.41) is 10.9. The van der Waals surface area contributed by atoms with E-state index in [1.54, 1.807) is 0 Å². The highest BCUT2D eigenvalue weighted by Crippen LogP contribution is 2.60. The first-order valence-corrected chi connectivity index (χ1v) is 9.25. The molecule has 148 valence electrons. The van der Waals surface area contributed by atoms with Gasteiger partial charge in [-0.2, -0.15) is 0 Å². The number of rotatable bonds is 2. The number of ether oxygens (including phenoxy) is 2. The van der Waals surface area contributed by atoms with E-state index in [1.165, 1.54) is 6.92 Å². The number of aliphatic hydroxyl groups excluding tert-OH is 1. The molecule has 3 fully saturated rings. The second kappa shape index (κ2) is 6.55. The van der Waals surface area contributed by atoms with Crippen molar-refractivity contribution < 1.29 is 33.8 Å². The van der Waals surface area contributed by atoms with Crippen molar-refractivity contribution >= 4 is 24.0 Å². The van der Waals surface area contributed by atoms with E-state index in [2.05, 4.69) is 6.58 Å². The van der Waals surface area contributed by atoms with Crippen LogP contribution < -0.4 is 0 Å². The van der Waals surface area contributed by atoms with E-state index in [-0.39, 0.29) is 18.6 Å². The third-order valence-electron chi connectivity index (χ3n) is 6.71. The maximum atomic E-state index is 12.7. The number of hydrogen-bond acceptors (Lipinski definition) is 7. The van der Waals surface area contributed by atoms with Gasteiger partial charge in [0, 0.05) is 25.2 Å². The average Bonchev–Trinajstić information content (AvgIpc) is 2.57. The molecule has 0 bridgehead atoms. The van der Waals surface area contributed by atoms with Crippen LogP contribution in [0, 0.1) is 28.6 Å². The fourth-order valence-electron chi connectivity index (χ4n) is 5.53. The zero-order chi connectivity index (χ0) is 20.1. The van der Waals surface area contributed by atoms with Gasteiger partial charge in [0.2, 0.25) is 0 Å². The van der Waals surface area contributed by atoms with Crippen LogP contribution in [0.15, 0.2) is 12.2 Å². The van der Waals surface area contributed by atoms with Crippen LogP contribution in [0.4, 0.5) is 0 Å². The predicted molar refractivity (Wildman–Crippen MR) is 93.3 cm³/mol. The first-order valence-electron chi connectivity index (χ1n) is 9.25. The third-order valence-corrected chi connectivity index (χ3v) is 6.71. The molecule has 1 heterocycles. The Morgan fingerprint density at radius 1 is 1.37 bits per heavy atom. The SMILES string of the molecule is C=C1CC(O)C2C(C(=O)OCC23C(OC(C)=O)CCC(C)(C)C3C=O)C1=O. The second-order valence-corrected chi connectivity index (χ2v) is 8.70. The molecule has 2 aliphatic carbocycles. The van der Waals surface area contributed by atoms with Gasteiger partial charge < -0.3 is 19.4 Å². The number of aldehydes is 1. The Balaban J connectivity index is 2.20. The van der Waals surface area contributed by atoms with Crippen molar-refractivity contribution in [3.05, 3.63) is 12.2 Å². The predicted octanol–water partition coefficient (Wildman–Crippen LogP) is 1.22. The molecular weight excluding hydrogens is 352 g/mol. The molecule has 0 aromatic carbocycles. The number of carbonyl (C=O) groups excluding carboxylic acids is 4. The molecule has 1 saturated heterocycles. The smallest absolute Gasteiger partial charge is 0.317 e. The Morgan fingerprint density at radius 3 is 2.63 bits per heavy atom. The van der Waals surface area contributed by atoms with E-state index in [9.17, 15) is 24.3 Å². The summed E-state index contributed by atoms with van der Waals surface area (Å²) in [6.45, 7) is 8.63. The highest BCUT2D eigenvalue weighted by Gasteiger charge is 2.68. The minimum atomic E-state index is -1.23. The Bertz CT molecular complexity index is 709. The summed E-state index contributed by atoms with van der Waals surface area (Å²) in [6, 6.07) is 0. The van der Waals surface area contributed by atoms with E-state index < -0.39 is 58.5 Å². The topological polar surface area (TPSA) is 107 Å². The molecule has 3 aliphatic rings. The van der Waals surface area contributed by atoms with Gasteiger partial charge in [0.1, 0.15) is 24.9 Å². The average molecular weight is 378 g/mol. The molecular formula is C20H26O7. The maximum Gasteiger partial charge on any atom is 0.317 e. The molecule has 0 amide bonds. The molecule has 1 N–H and O–H groups in total. The summed E-state index contributed by atoms with van der Waals surface area (Å²) >= 11 is 0. The Labute approximate surface area is 158 Å². The summed E-state index contributed by atoms with van der Waals surface area (Å²) in [6.07, 6.45) is 0.119. The first-order chi connectivity index (χ1) is 12.6. The highest BCUT2D eigenvalue weighted by molar-refractivity contribution is 6.09. The van der Waals surface area contributed by atoms with Crippen molar-refractivity contribution in [2.45, 2.75) is 52.2 Å². The molecule has 0 aromatic rings. The standard InChI is InChI=1S/C20H26O7/c1-10-7-12(23)16-15(17(10)24)18(25)26-9-20(16)13(8-21)19(3,4)6-5-14(20)27-11(2)22/h8,12-16,23H,1,5-7,9H2,2-4H3. The number of cyclic esters (lactones) is 1. The molecule has 3 rings (SSSR count). The van der Waals surface area contributed by atoms with Crippen molar-refractivity contribution in [1.29, 1.82) is 0 Å².